The SMILES string of the molecule is O=C1N=C(N2CCOCC2)SC1=Cc1cn(-c2ccccc2)nc1-c1cccc(OCc2ccc(F)cc2)c1. The summed E-state index contributed by atoms with van der Waals surface area (Å²) in [4.78, 5) is 19.8. The molecule has 9 heteroatoms. The lowest BCUT2D eigenvalue weighted by molar-refractivity contribution is -0.113. The lowest BCUT2D eigenvalue weighted by atomic mass is 10.1. The average molecular weight is 541 g/mol. The van der Waals surface area contributed by atoms with E-state index in [-0.39, 0.29) is 11.7 Å². The van der Waals surface area contributed by atoms with Gasteiger partial charge in [0.15, 0.2) is 5.17 Å². The van der Waals surface area contributed by atoms with Crippen LogP contribution >= 0.6 is 11.8 Å². The summed E-state index contributed by atoms with van der Waals surface area (Å²) in [5.74, 6) is 0.128. The number of nitrogens with zero attached hydrogens (tertiary/aromatic N) is 4. The van der Waals surface area contributed by atoms with Gasteiger partial charge in [0.2, 0.25) is 0 Å². The second-order valence-corrected chi connectivity index (χ2v) is 10.1. The smallest absolute Gasteiger partial charge is 0.286 e. The number of amides is 1. The summed E-state index contributed by atoms with van der Waals surface area (Å²) >= 11 is 1.38. The van der Waals surface area contributed by atoms with Crippen molar-refractivity contribution in [3.63, 3.8) is 0 Å². The number of morpholine rings is 1. The molecule has 1 aromatic heterocycles. The van der Waals surface area contributed by atoms with Gasteiger partial charge in [-0.2, -0.15) is 10.1 Å². The molecule has 4 aromatic rings. The van der Waals surface area contributed by atoms with Gasteiger partial charge in [-0.1, -0.05) is 42.5 Å². The van der Waals surface area contributed by atoms with Crippen LogP contribution in [0.25, 0.3) is 23.0 Å². The van der Waals surface area contributed by atoms with E-state index >= 15 is 0 Å². The highest BCUT2D eigenvalue weighted by Gasteiger charge is 2.28. The summed E-state index contributed by atoms with van der Waals surface area (Å²) in [6.45, 7) is 3.00. The van der Waals surface area contributed by atoms with Gasteiger partial charge in [-0.05, 0) is 59.8 Å². The van der Waals surface area contributed by atoms with Crippen molar-refractivity contribution in [2.24, 2.45) is 4.99 Å². The van der Waals surface area contributed by atoms with E-state index in [1.807, 2.05) is 71.6 Å². The molecule has 39 heavy (non-hydrogen) atoms. The van der Waals surface area contributed by atoms with Crippen LogP contribution in [0, 0.1) is 5.82 Å². The van der Waals surface area contributed by atoms with Crippen molar-refractivity contribution in [1.82, 2.24) is 14.7 Å². The van der Waals surface area contributed by atoms with E-state index in [1.165, 1.54) is 23.9 Å². The van der Waals surface area contributed by atoms with Crippen LogP contribution in [0.3, 0.4) is 0 Å². The number of halogens is 1. The summed E-state index contributed by atoms with van der Waals surface area (Å²) in [6, 6.07) is 23.7. The average Bonchev–Trinajstić information content (AvgIpc) is 3.57. The van der Waals surface area contributed by atoms with Crippen molar-refractivity contribution in [2.45, 2.75) is 6.61 Å². The topological polar surface area (TPSA) is 69.0 Å². The van der Waals surface area contributed by atoms with Gasteiger partial charge in [-0.3, -0.25) is 4.79 Å². The maximum atomic E-state index is 13.2. The summed E-state index contributed by atoms with van der Waals surface area (Å²) in [6.07, 6.45) is 3.78. The fourth-order valence-corrected chi connectivity index (χ4v) is 5.30. The normalized spacial score (nSPS) is 16.5. The Labute approximate surface area is 229 Å². The Balaban J connectivity index is 1.30. The molecule has 1 amide bonds. The van der Waals surface area contributed by atoms with E-state index in [0.717, 1.165) is 22.4 Å². The molecule has 0 radical (unpaired) electrons. The Bertz CT molecular complexity index is 1540. The van der Waals surface area contributed by atoms with Crippen LogP contribution in [-0.2, 0) is 16.1 Å². The third-order valence-electron chi connectivity index (χ3n) is 6.37. The highest BCUT2D eigenvalue weighted by atomic mass is 32.2. The quantitative estimate of drug-likeness (QED) is 0.298. The van der Waals surface area contributed by atoms with Gasteiger partial charge in [0.1, 0.15) is 23.9 Å². The molecule has 3 heterocycles. The molecule has 0 aliphatic carbocycles. The predicted octanol–water partition coefficient (Wildman–Crippen LogP) is 5.56. The van der Waals surface area contributed by atoms with Gasteiger partial charge in [0, 0.05) is 30.4 Å². The van der Waals surface area contributed by atoms with Gasteiger partial charge < -0.3 is 14.4 Å². The van der Waals surface area contributed by atoms with E-state index in [9.17, 15) is 9.18 Å². The third kappa shape index (κ3) is 5.79. The second-order valence-electron chi connectivity index (χ2n) is 9.07. The number of thioether (sulfide) groups is 1. The van der Waals surface area contributed by atoms with Crippen molar-refractivity contribution in [3.05, 3.63) is 107 Å². The second kappa shape index (κ2) is 11.3. The maximum absolute atomic E-state index is 13.2. The number of hydrogen-bond acceptors (Lipinski definition) is 6. The number of aromatic nitrogens is 2. The van der Waals surface area contributed by atoms with Crippen molar-refractivity contribution >= 4 is 28.9 Å². The van der Waals surface area contributed by atoms with Crippen LogP contribution < -0.4 is 4.74 Å². The Kier molecular flexibility index (Phi) is 7.25. The Hall–Kier alpha value is -4.21. The van der Waals surface area contributed by atoms with Crippen LogP contribution in [0.4, 0.5) is 4.39 Å². The number of ether oxygens (including phenoxy) is 2. The van der Waals surface area contributed by atoms with Crippen molar-refractivity contribution in [1.29, 1.82) is 0 Å². The van der Waals surface area contributed by atoms with Crippen molar-refractivity contribution in [2.75, 3.05) is 26.3 Å². The molecule has 6 rings (SSSR count). The van der Waals surface area contributed by atoms with Gasteiger partial charge in [0.05, 0.1) is 23.8 Å². The number of benzene rings is 3. The highest BCUT2D eigenvalue weighted by molar-refractivity contribution is 8.18. The van der Waals surface area contributed by atoms with Crippen LogP contribution in [0.1, 0.15) is 11.1 Å². The van der Waals surface area contributed by atoms with E-state index in [0.29, 0.717) is 54.4 Å². The number of para-hydroxylation sites is 1. The highest BCUT2D eigenvalue weighted by Crippen LogP contribution is 2.34. The van der Waals surface area contributed by atoms with Crippen LogP contribution in [-0.4, -0.2) is 52.1 Å². The molecule has 1 fully saturated rings. The molecule has 0 spiro atoms. The molecule has 0 atom stereocenters. The number of carbonyl (C=O) groups is 1. The minimum absolute atomic E-state index is 0.253. The molecule has 7 nitrogen and oxygen atoms in total. The first-order valence-electron chi connectivity index (χ1n) is 12.6. The fourth-order valence-electron chi connectivity index (χ4n) is 4.34. The minimum Gasteiger partial charge on any atom is -0.489 e. The summed E-state index contributed by atoms with van der Waals surface area (Å²) in [5, 5.41) is 5.60. The van der Waals surface area contributed by atoms with E-state index in [2.05, 4.69) is 9.89 Å². The van der Waals surface area contributed by atoms with Gasteiger partial charge in [-0.25, -0.2) is 9.07 Å². The minimum atomic E-state index is -0.280. The molecular weight excluding hydrogens is 515 g/mol. The zero-order chi connectivity index (χ0) is 26.6. The monoisotopic (exact) mass is 540 g/mol. The largest absolute Gasteiger partial charge is 0.489 e. The maximum Gasteiger partial charge on any atom is 0.286 e. The number of hydrogen-bond donors (Lipinski definition) is 0. The lowest BCUT2D eigenvalue weighted by Gasteiger charge is -2.27. The first-order chi connectivity index (χ1) is 19.1. The molecule has 1 saturated heterocycles. The zero-order valence-electron chi connectivity index (χ0n) is 21.0. The molecule has 2 aliphatic rings. The zero-order valence-corrected chi connectivity index (χ0v) is 21.8. The molecule has 196 valence electrons. The van der Waals surface area contributed by atoms with Crippen molar-refractivity contribution < 1.29 is 18.7 Å². The summed E-state index contributed by atoms with van der Waals surface area (Å²) in [7, 11) is 0. The van der Waals surface area contributed by atoms with Crippen LogP contribution in [0.5, 0.6) is 5.75 Å². The Morgan fingerprint density at radius 1 is 1.00 bits per heavy atom. The molecule has 0 saturated carbocycles. The van der Waals surface area contributed by atoms with E-state index in [4.69, 9.17) is 14.6 Å². The van der Waals surface area contributed by atoms with Gasteiger partial charge >= 0.3 is 0 Å². The molecular formula is C30H25FN4O3S. The molecule has 2 aliphatic heterocycles. The standard InChI is InChI=1S/C30H25FN4O3S/c31-24-11-9-21(10-12-24)20-38-26-8-4-5-22(17-26)28-23(19-35(33-28)25-6-2-1-3-7-25)18-27-29(36)32-30(39-27)34-13-15-37-16-14-34/h1-12,17-19H,13-16,20H2. The third-order valence-corrected chi connectivity index (χ3v) is 7.41. The number of rotatable bonds is 6. The molecule has 0 N–H and O–H groups in total. The first kappa shape index (κ1) is 25.1. The van der Waals surface area contributed by atoms with Crippen LogP contribution in [0.15, 0.2) is 95.0 Å². The number of amidine groups is 1. The fraction of sp³-hybridized carbons (Fsp3) is 0.167. The Morgan fingerprint density at radius 3 is 2.59 bits per heavy atom. The lowest BCUT2D eigenvalue weighted by Crippen LogP contribution is -2.38. The summed E-state index contributed by atoms with van der Waals surface area (Å²) in [5.41, 5.74) is 4.13. The Morgan fingerprint density at radius 2 is 1.79 bits per heavy atom. The first-order valence-corrected chi connectivity index (χ1v) is 13.4. The van der Waals surface area contributed by atoms with E-state index < -0.39 is 0 Å². The van der Waals surface area contributed by atoms with Crippen LogP contribution in [0.2, 0.25) is 0 Å². The number of carbonyl (C=O) groups excluding carboxylic acids is 1. The van der Waals surface area contributed by atoms with E-state index in [1.54, 1.807) is 12.1 Å². The van der Waals surface area contributed by atoms with Gasteiger partial charge in [0.25, 0.3) is 5.91 Å². The summed E-state index contributed by atoms with van der Waals surface area (Å²) < 4.78 is 26.5. The molecule has 3 aromatic carbocycles. The van der Waals surface area contributed by atoms with Crippen molar-refractivity contribution in [3.8, 4) is 22.7 Å². The predicted molar refractivity (Wildman–Crippen MR) is 150 cm³/mol. The number of aliphatic imine (C=N–C) groups is 1. The van der Waals surface area contributed by atoms with Gasteiger partial charge in [-0.15, -0.1) is 0 Å². The molecule has 0 bridgehead atoms. The molecule has 0 unspecified atom stereocenters.